The standard InChI is InChI=1S/C15H18N2O2/c1-17(2)10-4-6-13-12(8-10)11-5-3-9(15(18)19)7-14(11)16-13/h3,5,7,10,16H,4,6,8H2,1-2H3,(H,18,19). The third-order valence-corrected chi connectivity index (χ3v) is 4.14. The van der Waals surface area contributed by atoms with Crippen LogP contribution in [0.1, 0.15) is 28.0 Å². The molecule has 1 heterocycles. The summed E-state index contributed by atoms with van der Waals surface area (Å²) >= 11 is 0. The van der Waals surface area contributed by atoms with Crippen molar-refractivity contribution in [3.8, 4) is 0 Å². The number of carboxylic acids is 1. The summed E-state index contributed by atoms with van der Waals surface area (Å²) in [5, 5.41) is 10.2. The van der Waals surface area contributed by atoms with Crippen LogP contribution in [-0.4, -0.2) is 41.1 Å². The Morgan fingerprint density at radius 3 is 2.89 bits per heavy atom. The summed E-state index contributed by atoms with van der Waals surface area (Å²) < 4.78 is 0. The van der Waals surface area contributed by atoms with Crippen molar-refractivity contribution in [1.29, 1.82) is 0 Å². The first-order chi connectivity index (χ1) is 9.06. The van der Waals surface area contributed by atoms with Gasteiger partial charge < -0.3 is 15.0 Å². The predicted octanol–water partition coefficient (Wildman–Crippen LogP) is 2.29. The van der Waals surface area contributed by atoms with E-state index < -0.39 is 5.97 Å². The number of nitrogens with one attached hydrogen (secondary N) is 1. The molecule has 2 N–H and O–H groups in total. The molecule has 0 saturated carbocycles. The first kappa shape index (κ1) is 12.2. The fraction of sp³-hybridized carbons (Fsp3) is 0.400. The van der Waals surface area contributed by atoms with Crippen molar-refractivity contribution in [2.24, 2.45) is 0 Å². The van der Waals surface area contributed by atoms with E-state index in [0.29, 0.717) is 11.6 Å². The number of aromatic carboxylic acids is 1. The number of carboxylic acid groups (broad SMARTS) is 1. The van der Waals surface area contributed by atoms with Crippen molar-refractivity contribution in [2.45, 2.75) is 25.3 Å². The third kappa shape index (κ3) is 2.02. The molecular weight excluding hydrogens is 240 g/mol. The van der Waals surface area contributed by atoms with Gasteiger partial charge in [0.15, 0.2) is 0 Å². The number of rotatable bonds is 2. The molecule has 1 aromatic heterocycles. The Morgan fingerprint density at radius 1 is 1.42 bits per heavy atom. The van der Waals surface area contributed by atoms with Crippen molar-refractivity contribution in [3.63, 3.8) is 0 Å². The quantitative estimate of drug-likeness (QED) is 0.869. The predicted molar refractivity (Wildman–Crippen MR) is 74.8 cm³/mol. The van der Waals surface area contributed by atoms with Gasteiger partial charge in [0.05, 0.1) is 5.56 Å². The zero-order valence-corrected chi connectivity index (χ0v) is 11.2. The number of aryl methyl sites for hydroxylation is 1. The lowest BCUT2D eigenvalue weighted by molar-refractivity contribution is 0.0697. The zero-order valence-electron chi connectivity index (χ0n) is 11.2. The van der Waals surface area contributed by atoms with Crippen LogP contribution in [0.3, 0.4) is 0 Å². The minimum atomic E-state index is -0.874. The number of aromatic amines is 1. The lowest BCUT2D eigenvalue weighted by Crippen LogP contribution is -2.33. The molecule has 4 heteroatoms. The molecule has 0 aliphatic heterocycles. The number of fused-ring (bicyclic) bond motifs is 3. The van der Waals surface area contributed by atoms with Gasteiger partial charge in [-0.2, -0.15) is 0 Å². The highest BCUT2D eigenvalue weighted by Gasteiger charge is 2.23. The average molecular weight is 258 g/mol. The summed E-state index contributed by atoms with van der Waals surface area (Å²) in [6.45, 7) is 0. The second kappa shape index (κ2) is 4.38. The molecule has 0 saturated heterocycles. The molecule has 1 aromatic carbocycles. The Hall–Kier alpha value is -1.81. The molecule has 0 spiro atoms. The van der Waals surface area contributed by atoms with E-state index in [1.54, 1.807) is 12.1 Å². The maximum Gasteiger partial charge on any atom is 0.335 e. The van der Waals surface area contributed by atoms with Gasteiger partial charge in [0.25, 0.3) is 0 Å². The van der Waals surface area contributed by atoms with Gasteiger partial charge in [-0.3, -0.25) is 0 Å². The number of benzene rings is 1. The monoisotopic (exact) mass is 258 g/mol. The van der Waals surface area contributed by atoms with Crippen LogP contribution in [0.4, 0.5) is 0 Å². The summed E-state index contributed by atoms with van der Waals surface area (Å²) in [7, 11) is 4.24. The van der Waals surface area contributed by atoms with Crippen molar-refractivity contribution >= 4 is 16.9 Å². The van der Waals surface area contributed by atoms with Crippen molar-refractivity contribution < 1.29 is 9.90 Å². The Balaban J connectivity index is 2.07. The molecule has 1 unspecified atom stereocenters. The van der Waals surface area contributed by atoms with E-state index in [-0.39, 0.29) is 0 Å². The summed E-state index contributed by atoms with van der Waals surface area (Å²) in [5.74, 6) is -0.874. The minimum Gasteiger partial charge on any atom is -0.478 e. The van der Waals surface area contributed by atoms with Gasteiger partial charge >= 0.3 is 5.97 Å². The normalized spacial score (nSPS) is 18.8. The second-order valence-electron chi connectivity index (χ2n) is 5.51. The highest BCUT2D eigenvalue weighted by molar-refractivity contribution is 5.94. The van der Waals surface area contributed by atoms with E-state index in [4.69, 9.17) is 5.11 Å². The molecule has 1 atom stereocenters. The maximum absolute atomic E-state index is 11.0. The van der Waals surface area contributed by atoms with Gasteiger partial charge in [0.1, 0.15) is 0 Å². The maximum atomic E-state index is 11.0. The number of hydrogen-bond acceptors (Lipinski definition) is 2. The molecule has 1 aliphatic rings. The first-order valence-corrected chi connectivity index (χ1v) is 6.59. The zero-order chi connectivity index (χ0) is 13.6. The van der Waals surface area contributed by atoms with E-state index in [1.165, 1.54) is 16.6 Å². The molecule has 100 valence electrons. The molecule has 0 fully saturated rings. The Kier molecular flexibility index (Phi) is 2.82. The Morgan fingerprint density at radius 2 is 2.21 bits per heavy atom. The lowest BCUT2D eigenvalue weighted by atomic mass is 9.91. The van der Waals surface area contributed by atoms with Crippen LogP contribution in [-0.2, 0) is 12.8 Å². The van der Waals surface area contributed by atoms with Crippen molar-refractivity contribution in [1.82, 2.24) is 9.88 Å². The topological polar surface area (TPSA) is 56.3 Å². The van der Waals surface area contributed by atoms with E-state index in [1.807, 2.05) is 6.07 Å². The number of H-pyrrole nitrogens is 1. The van der Waals surface area contributed by atoms with Crippen LogP contribution < -0.4 is 0 Å². The van der Waals surface area contributed by atoms with E-state index >= 15 is 0 Å². The van der Waals surface area contributed by atoms with Gasteiger partial charge in [-0.25, -0.2) is 4.79 Å². The van der Waals surface area contributed by atoms with E-state index in [9.17, 15) is 4.79 Å². The smallest absolute Gasteiger partial charge is 0.335 e. The minimum absolute atomic E-state index is 0.343. The SMILES string of the molecule is CN(C)C1CCc2[nH]c3cc(C(=O)O)ccc3c2C1. The summed E-state index contributed by atoms with van der Waals surface area (Å²) in [5.41, 5.74) is 3.92. The van der Waals surface area contributed by atoms with Crippen LogP contribution >= 0.6 is 0 Å². The molecule has 2 aromatic rings. The average Bonchev–Trinajstić information content (AvgIpc) is 2.74. The van der Waals surface area contributed by atoms with E-state index in [2.05, 4.69) is 24.0 Å². The van der Waals surface area contributed by atoms with Gasteiger partial charge in [-0.1, -0.05) is 6.07 Å². The number of aromatic nitrogens is 1. The Labute approximate surface area is 112 Å². The highest BCUT2D eigenvalue weighted by Crippen LogP contribution is 2.30. The van der Waals surface area contributed by atoms with Crippen molar-refractivity contribution in [2.75, 3.05) is 14.1 Å². The molecule has 3 rings (SSSR count). The summed E-state index contributed by atoms with van der Waals surface area (Å²) in [6.07, 6.45) is 3.22. The third-order valence-electron chi connectivity index (χ3n) is 4.14. The van der Waals surface area contributed by atoms with Gasteiger partial charge in [0, 0.05) is 22.6 Å². The molecular formula is C15H18N2O2. The molecule has 19 heavy (non-hydrogen) atoms. The first-order valence-electron chi connectivity index (χ1n) is 6.59. The van der Waals surface area contributed by atoms with Crippen LogP contribution in [0, 0.1) is 0 Å². The Bertz CT molecular complexity index is 643. The number of nitrogens with zero attached hydrogens (tertiary/aromatic N) is 1. The summed E-state index contributed by atoms with van der Waals surface area (Å²) in [6, 6.07) is 5.94. The molecule has 0 bridgehead atoms. The van der Waals surface area contributed by atoms with Crippen LogP contribution in [0.25, 0.3) is 10.9 Å². The van der Waals surface area contributed by atoms with Crippen LogP contribution in [0.15, 0.2) is 18.2 Å². The lowest BCUT2D eigenvalue weighted by Gasteiger charge is -2.28. The second-order valence-corrected chi connectivity index (χ2v) is 5.51. The molecule has 1 aliphatic carbocycles. The number of carbonyl (C=O) groups is 1. The molecule has 4 nitrogen and oxygen atoms in total. The molecule has 0 amide bonds. The van der Waals surface area contributed by atoms with Gasteiger partial charge in [0.2, 0.25) is 0 Å². The van der Waals surface area contributed by atoms with Crippen molar-refractivity contribution in [3.05, 3.63) is 35.0 Å². The fourth-order valence-corrected chi connectivity index (χ4v) is 2.98. The van der Waals surface area contributed by atoms with Crippen LogP contribution in [0.5, 0.6) is 0 Å². The fourth-order valence-electron chi connectivity index (χ4n) is 2.98. The highest BCUT2D eigenvalue weighted by atomic mass is 16.4. The van der Waals surface area contributed by atoms with Crippen LogP contribution in [0.2, 0.25) is 0 Å². The largest absolute Gasteiger partial charge is 0.478 e. The van der Waals surface area contributed by atoms with Gasteiger partial charge in [-0.05, 0) is 51.1 Å². The van der Waals surface area contributed by atoms with Gasteiger partial charge in [-0.15, -0.1) is 0 Å². The molecule has 0 radical (unpaired) electrons. The summed E-state index contributed by atoms with van der Waals surface area (Å²) in [4.78, 5) is 16.7. The number of likely N-dealkylation sites (N-methyl/N-ethyl adjacent to an activating group) is 1. The number of hydrogen-bond donors (Lipinski definition) is 2. The van der Waals surface area contributed by atoms with E-state index in [0.717, 1.165) is 24.8 Å².